The molecular weight excluding hydrogens is 242 g/mol. The number of morpholine rings is 1. The number of piperidine rings is 1. The molecule has 0 bridgehead atoms. The van der Waals surface area contributed by atoms with Gasteiger partial charge in [-0.3, -0.25) is 9.69 Å². The predicted octanol–water partition coefficient (Wildman–Crippen LogP) is 0.211. The summed E-state index contributed by atoms with van der Waals surface area (Å²) in [6.45, 7) is 9.60. The van der Waals surface area contributed by atoms with Gasteiger partial charge in [0.15, 0.2) is 0 Å². The predicted molar refractivity (Wildman–Crippen MR) is 75.1 cm³/mol. The topological polar surface area (TPSA) is 53.6 Å². The van der Waals surface area contributed by atoms with Crippen molar-refractivity contribution in [2.75, 3.05) is 39.4 Å². The quantitative estimate of drug-likeness (QED) is 0.766. The number of rotatable bonds is 4. The standard InChI is InChI=1S/C14H27N3O2/c1-11-9-13(3-4-15-11)14(18)16-10-12(2)17-5-7-19-8-6-17/h11-13,15H,3-10H2,1-2H3,(H,16,18)/t11-,12?,13-/m0/s1. The van der Waals surface area contributed by atoms with Crippen molar-refractivity contribution in [1.82, 2.24) is 15.5 Å². The van der Waals surface area contributed by atoms with Gasteiger partial charge in [-0.25, -0.2) is 0 Å². The molecule has 0 radical (unpaired) electrons. The fourth-order valence-electron chi connectivity index (χ4n) is 2.91. The lowest BCUT2D eigenvalue weighted by atomic mass is 9.92. The van der Waals surface area contributed by atoms with Crippen molar-refractivity contribution in [2.24, 2.45) is 5.92 Å². The summed E-state index contributed by atoms with van der Waals surface area (Å²) in [5, 5.41) is 6.50. The Hall–Kier alpha value is -0.650. The van der Waals surface area contributed by atoms with E-state index in [0.717, 1.165) is 52.2 Å². The van der Waals surface area contributed by atoms with Crippen LogP contribution in [0.15, 0.2) is 0 Å². The van der Waals surface area contributed by atoms with Crippen molar-refractivity contribution in [3.8, 4) is 0 Å². The maximum atomic E-state index is 12.1. The van der Waals surface area contributed by atoms with E-state index < -0.39 is 0 Å². The number of nitrogens with zero attached hydrogens (tertiary/aromatic N) is 1. The lowest BCUT2D eigenvalue weighted by Gasteiger charge is -2.33. The molecule has 2 heterocycles. The van der Waals surface area contributed by atoms with Crippen LogP contribution in [0.1, 0.15) is 26.7 Å². The van der Waals surface area contributed by atoms with Gasteiger partial charge in [-0.05, 0) is 33.2 Å². The highest BCUT2D eigenvalue weighted by atomic mass is 16.5. The molecule has 5 heteroatoms. The summed E-state index contributed by atoms with van der Waals surface area (Å²) < 4.78 is 5.35. The first-order chi connectivity index (χ1) is 9.16. The maximum absolute atomic E-state index is 12.1. The minimum atomic E-state index is 0.188. The fraction of sp³-hybridized carbons (Fsp3) is 0.929. The second-order valence-electron chi connectivity index (χ2n) is 5.82. The van der Waals surface area contributed by atoms with E-state index >= 15 is 0 Å². The third-order valence-corrected chi connectivity index (χ3v) is 4.24. The van der Waals surface area contributed by atoms with Gasteiger partial charge >= 0.3 is 0 Å². The number of carbonyl (C=O) groups is 1. The molecule has 2 aliphatic heterocycles. The number of ether oxygens (including phenoxy) is 1. The van der Waals surface area contributed by atoms with Crippen molar-refractivity contribution < 1.29 is 9.53 Å². The average Bonchev–Trinajstić information content (AvgIpc) is 2.45. The highest BCUT2D eigenvalue weighted by Gasteiger charge is 2.25. The SMILES string of the molecule is CC(CNC(=O)[C@H]1CCN[C@@H](C)C1)N1CCOCC1. The van der Waals surface area contributed by atoms with Crippen LogP contribution < -0.4 is 10.6 Å². The molecule has 2 N–H and O–H groups in total. The monoisotopic (exact) mass is 269 g/mol. The zero-order chi connectivity index (χ0) is 13.7. The molecule has 0 aromatic heterocycles. The van der Waals surface area contributed by atoms with E-state index in [9.17, 15) is 4.79 Å². The first kappa shape index (κ1) is 14.8. The zero-order valence-electron chi connectivity index (χ0n) is 12.2. The molecule has 0 saturated carbocycles. The van der Waals surface area contributed by atoms with Crippen LogP contribution in [-0.4, -0.2) is 62.3 Å². The molecule has 1 amide bonds. The van der Waals surface area contributed by atoms with Gasteiger partial charge < -0.3 is 15.4 Å². The van der Waals surface area contributed by atoms with Gasteiger partial charge in [0.2, 0.25) is 5.91 Å². The highest BCUT2D eigenvalue weighted by molar-refractivity contribution is 5.78. The van der Waals surface area contributed by atoms with Crippen molar-refractivity contribution in [1.29, 1.82) is 0 Å². The van der Waals surface area contributed by atoms with Crippen molar-refractivity contribution in [3.63, 3.8) is 0 Å². The summed E-state index contributed by atoms with van der Waals surface area (Å²) in [5.41, 5.74) is 0. The van der Waals surface area contributed by atoms with Gasteiger partial charge in [-0.1, -0.05) is 0 Å². The Morgan fingerprint density at radius 1 is 1.47 bits per heavy atom. The van der Waals surface area contributed by atoms with Crippen LogP contribution in [0.3, 0.4) is 0 Å². The number of hydrogen-bond donors (Lipinski definition) is 2. The minimum absolute atomic E-state index is 0.188. The van der Waals surface area contributed by atoms with Gasteiger partial charge in [-0.15, -0.1) is 0 Å². The van der Waals surface area contributed by atoms with E-state index in [2.05, 4.69) is 29.4 Å². The Morgan fingerprint density at radius 3 is 2.89 bits per heavy atom. The molecule has 0 spiro atoms. The molecule has 1 unspecified atom stereocenters. The zero-order valence-corrected chi connectivity index (χ0v) is 12.2. The first-order valence-electron chi connectivity index (χ1n) is 7.49. The molecule has 19 heavy (non-hydrogen) atoms. The Bertz CT molecular complexity index is 292. The van der Waals surface area contributed by atoms with Crippen LogP contribution in [-0.2, 0) is 9.53 Å². The molecule has 2 fully saturated rings. The van der Waals surface area contributed by atoms with Crippen LogP contribution in [0, 0.1) is 5.92 Å². The molecule has 0 aliphatic carbocycles. The lowest BCUT2D eigenvalue weighted by molar-refractivity contribution is -0.126. The molecular formula is C14H27N3O2. The fourth-order valence-corrected chi connectivity index (χ4v) is 2.91. The number of hydrogen-bond acceptors (Lipinski definition) is 4. The van der Waals surface area contributed by atoms with Gasteiger partial charge in [0.1, 0.15) is 0 Å². The van der Waals surface area contributed by atoms with E-state index in [1.54, 1.807) is 0 Å². The van der Waals surface area contributed by atoms with Crippen LogP contribution in [0.2, 0.25) is 0 Å². The summed E-state index contributed by atoms with van der Waals surface area (Å²) in [5.74, 6) is 0.418. The normalized spacial score (nSPS) is 30.8. The first-order valence-corrected chi connectivity index (χ1v) is 7.49. The molecule has 0 aromatic carbocycles. The second-order valence-corrected chi connectivity index (χ2v) is 5.82. The Balaban J connectivity index is 1.70. The largest absolute Gasteiger partial charge is 0.379 e. The minimum Gasteiger partial charge on any atom is -0.379 e. The maximum Gasteiger partial charge on any atom is 0.223 e. The van der Waals surface area contributed by atoms with Gasteiger partial charge in [0.25, 0.3) is 0 Å². The molecule has 110 valence electrons. The van der Waals surface area contributed by atoms with E-state index in [-0.39, 0.29) is 11.8 Å². The summed E-state index contributed by atoms with van der Waals surface area (Å²) in [4.78, 5) is 14.5. The molecule has 2 saturated heterocycles. The van der Waals surface area contributed by atoms with E-state index in [1.807, 2.05) is 0 Å². The van der Waals surface area contributed by atoms with E-state index in [4.69, 9.17) is 4.74 Å². The third kappa shape index (κ3) is 4.44. The Kier molecular flexibility index (Phi) is 5.60. The molecule has 2 aliphatic rings. The van der Waals surface area contributed by atoms with Gasteiger partial charge in [-0.2, -0.15) is 0 Å². The number of carbonyl (C=O) groups excluding carboxylic acids is 1. The van der Waals surface area contributed by atoms with Crippen molar-refractivity contribution in [2.45, 2.75) is 38.8 Å². The Morgan fingerprint density at radius 2 is 2.21 bits per heavy atom. The Labute approximate surface area is 116 Å². The highest BCUT2D eigenvalue weighted by Crippen LogP contribution is 2.16. The van der Waals surface area contributed by atoms with Crippen LogP contribution >= 0.6 is 0 Å². The van der Waals surface area contributed by atoms with E-state index in [0.29, 0.717) is 12.1 Å². The number of nitrogens with one attached hydrogen (secondary N) is 2. The van der Waals surface area contributed by atoms with Crippen molar-refractivity contribution >= 4 is 5.91 Å². The lowest BCUT2D eigenvalue weighted by Crippen LogP contribution is -2.49. The van der Waals surface area contributed by atoms with Crippen molar-refractivity contribution in [3.05, 3.63) is 0 Å². The number of amides is 1. The molecule has 5 nitrogen and oxygen atoms in total. The third-order valence-electron chi connectivity index (χ3n) is 4.24. The summed E-state index contributed by atoms with van der Waals surface area (Å²) in [6.07, 6.45) is 1.92. The summed E-state index contributed by atoms with van der Waals surface area (Å²) >= 11 is 0. The molecule has 3 atom stereocenters. The second kappa shape index (κ2) is 7.22. The van der Waals surface area contributed by atoms with E-state index in [1.165, 1.54) is 0 Å². The molecule has 2 rings (SSSR count). The summed E-state index contributed by atoms with van der Waals surface area (Å²) in [7, 11) is 0. The smallest absolute Gasteiger partial charge is 0.223 e. The average molecular weight is 269 g/mol. The van der Waals surface area contributed by atoms with Gasteiger partial charge in [0.05, 0.1) is 13.2 Å². The summed E-state index contributed by atoms with van der Waals surface area (Å²) in [6, 6.07) is 0.855. The molecule has 0 aromatic rings. The van der Waals surface area contributed by atoms with Gasteiger partial charge in [0, 0.05) is 37.6 Å². The van der Waals surface area contributed by atoms with Crippen LogP contribution in [0.25, 0.3) is 0 Å². The van der Waals surface area contributed by atoms with Crippen LogP contribution in [0.5, 0.6) is 0 Å². The van der Waals surface area contributed by atoms with Crippen LogP contribution in [0.4, 0.5) is 0 Å².